The molecule has 0 aliphatic carbocycles. The zero-order chi connectivity index (χ0) is 13.0. The molecule has 6 heteroatoms. The first-order valence-corrected chi connectivity index (χ1v) is 5.62. The molecule has 0 unspecified atom stereocenters. The first-order chi connectivity index (χ1) is 7.95. The number of anilines is 1. The lowest BCUT2D eigenvalue weighted by Gasteiger charge is -2.16. The molecule has 0 aromatic heterocycles. The molecule has 1 amide bonds. The molecule has 0 aliphatic rings. The summed E-state index contributed by atoms with van der Waals surface area (Å²) in [5, 5.41) is 0. The normalized spacial score (nSPS) is 9.82. The van der Waals surface area contributed by atoms with Gasteiger partial charge in [0, 0.05) is 17.2 Å². The van der Waals surface area contributed by atoms with Crippen molar-refractivity contribution >= 4 is 33.5 Å². The van der Waals surface area contributed by atoms with Crippen LogP contribution in [0.3, 0.4) is 0 Å². The molecule has 1 aromatic rings. The minimum absolute atomic E-state index is 0.106. The Labute approximate surface area is 108 Å². The van der Waals surface area contributed by atoms with E-state index in [0.717, 1.165) is 4.47 Å². The Balaban J connectivity index is 2.85. The van der Waals surface area contributed by atoms with E-state index in [0.29, 0.717) is 11.3 Å². The molecule has 0 saturated heterocycles. The van der Waals surface area contributed by atoms with E-state index < -0.39 is 5.97 Å². The Kier molecular flexibility index (Phi) is 4.51. The van der Waals surface area contributed by atoms with Crippen LogP contribution in [0, 0.1) is 0 Å². The lowest BCUT2D eigenvalue weighted by Crippen LogP contribution is -2.33. The summed E-state index contributed by atoms with van der Waals surface area (Å²) in [7, 11) is 2.79. The molecule has 0 fully saturated rings. The van der Waals surface area contributed by atoms with Gasteiger partial charge in [0.05, 0.1) is 12.7 Å². The van der Waals surface area contributed by atoms with E-state index in [4.69, 9.17) is 5.73 Å². The second-order valence-corrected chi connectivity index (χ2v) is 4.38. The fraction of sp³-hybridized carbons (Fsp3) is 0.273. The predicted octanol–water partition coefficient (Wildman–Crippen LogP) is 1.28. The second kappa shape index (κ2) is 5.67. The quantitative estimate of drug-likeness (QED) is 0.674. The van der Waals surface area contributed by atoms with Gasteiger partial charge >= 0.3 is 5.97 Å². The van der Waals surface area contributed by atoms with Gasteiger partial charge in [-0.15, -0.1) is 0 Å². The van der Waals surface area contributed by atoms with Crippen LogP contribution in [0.2, 0.25) is 0 Å². The summed E-state index contributed by atoms with van der Waals surface area (Å²) in [4.78, 5) is 24.2. The topological polar surface area (TPSA) is 72.6 Å². The molecule has 17 heavy (non-hydrogen) atoms. The summed E-state index contributed by atoms with van der Waals surface area (Å²) in [6.07, 6.45) is 0. The highest BCUT2D eigenvalue weighted by molar-refractivity contribution is 9.10. The predicted molar refractivity (Wildman–Crippen MR) is 67.5 cm³/mol. The third-order valence-corrected chi connectivity index (χ3v) is 2.68. The minimum atomic E-state index is -0.475. The first-order valence-electron chi connectivity index (χ1n) is 4.83. The van der Waals surface area contributed by atoms with Crippen molar-refractivity contribution in [2.45, 2.75) is 0 Å². The van der Waals surface area contributed by atoms with Gasteiger partial charge in [0.25, 0.3) is 5.91 Å². The van der Waals surface area contributed by atoms with Gasteiger partial charge in [-0.05, 0) is 18.2 Å². The maximum atomic E-state index is 12.0. The largest absolute Gasteiger partial charge is 0.468 e. The Morgan fingerprint density at radius 2 is 2.12 bits per heavy atom. The molecule has 0 atom stereocenters. The van der Waals surface area contributed by atoms with Crippen molar-refractivity contribution in [2.24, 2.45) is 0 Å². The van der Waals surface area contributed by atoms with E-state index in [2.05, 4.69) is 20.7 Å². The molecule has 0 spiro atoms. The fourth-order valence-corrected chi connectivity index (χ4v) is 1.64. The number of methoxy groups -OCH3 is 1. The molecule has 0 heterocycles. The van der Waals surface area contributed by atoms with Crippen LogP contribution >= 0.6 is 15.9 Å². The van der Waals surface area contributed by atoms with E-state index in [9.17, 15) is 9.59 Å². The molecule has 0 bridgehead atoms. The lowest BCUT2D eigenvalue weighted by molar-refractivity contribution is -0.141. The Hall–Kier alpha value is -1.56. The average Bonchev–Trinajstić information content (AvgIpc) is 2.28. The SMILES string of the molecule is COC(=O)CN(C)C(=O)c1ccc(Br)cc1N. The van der Waals surface area contributed by atoms with E-state index in [1.807, 2.05) is 0 Å². The van der Waals surface area contributed by atoms with Gasteiger partial charge in [0.2, 0.25) is 0 Å². The number of carbonyl (C=O) groups excluding carboxylic acids is 2. The van der Waals surface area contributed by atoms with Crippen LogP contribution in [-0.4, -0.2) is 37.5 Å². The number of nitrogens with zero attached hydrogens (tertiary/aromatic N) is 1. The van der Waals surface area contributed by atoms with Crippen LogP contribution in [0.15, 0.2) is 22.7 Å². The van der Waals surface area contributed by atoms with E-state index >= 15 is 0 Å². The van der Waals surface area contributed by atoms with Crippen LogP contribution in [-0.2, 0) is 9.53 Å². The lowest BCUT2D eigenvalue weighted by atomic mass is 10.1. The molecule has 0 saturated carbocycles. The number of nitrogens with two attached hydrogens (primary N) is 1. The Morgan fingerprint density at radius 3 is 2.65 bits per heavy atom. The van der Waals surface area contributed by atoms with Gasteiger partial charge in [0.15, 0.2) is 0 Å². The summed E-state index contributed by atoms with van der Waals surface area (Å²) in [5.41, 5.74) is 6.45. The van der Waals surface area contributed by atoms with Crippen molar-refractivity contribution in [3.63, 3.8) is 0 Å². The zero-order valence-electron chi connectivity index (χ0n) is 9.57. The average molecular weight is 301 g/mol. The molecule has 5 nitrogen and oxygen atoms in total. The third kappa shape index (κ3) is 3.45. The highest BCUT2D eigenvalue weighted by atomic mass is 79.9. The maximum Gasteiger partial charge on any atom is 0.325 e. The van der Waals surface area contributed by atoms with Crippen molar-refractivity contribution in [2.75, 3.05) is 26.4 Å². The highest BCUT2D eigenvalue weighted by Crippen LogP contribution is 2.19. The van der Waals surface area contributed by atoms with Crippen molar-refractivity contribution in [3.8, 4) is 0 Å². The number of hydrogen-bond donors (Lipinski definition) is 1. The van der Waals surface area contributed by atoms with Crippen LogP contribution in [0.5, 0.6) is 0 Å². The summed E-state index contributed by atoms with van der Waals surface area (Å²) in [6, 6.07) is 4.96. The van der Waals surface area contributed by atoms with Crippen molar-refractivity contribution in [1.29, 1.82) is 0 Å². The monoisotopic (exact) mass is 300 g/mol. The smallest absolute Gasteiger partial charge is 0.325 e. The summed E-state index contributed by atoms with van der Waals surface area (Å²) in [5.74, 6) is -0.795. The second-order valence-electron chi connectivity index (χ2n) is 3.47. The number of rotatable bonds is 3. The van der Waals surface area contributed by atoms with E-state index in [-0.39, 0.29) is 12.5 Å². The Bertz CT molecular complexity index is 448. The number of carbonyl (C=O) groups is 2. The number of nitrogen functional groups attached to an aromatic ring is 1. The Morgan fingerprint density at radius 1 is 1.47 bits per heavy atom. The number of likely N-dealkylation sites (N-methyl/N-ethyl adjacent to an activating group) is 1. The van der Waals surface area contributed by atoms with Gasteiger partial charge < -0.3 is 15.4 Å². The molecule has 1 rings (SSSR count). The van der Waals surface area contributed by atoms with Gasteiger partial charge in [-0.25, -0.2) is 0 Å². The number of esters is 1. The third-order valence-electron chi connectivity index (χ3n) is 2.18. The van der Waals surface area contributed by atoms with Gasteiger partial charge in [0.1, 0.15) is 6.54 Å². The number of benzene rings is 1. The van der Waals surface area contributed by atoms with Crippen LogP contribution in [0.4, 0.5) is 5.69 Å². The van der Waals surface area contributed by atoms with Gasteiger partial charge in [-0.2, -0.15) is 0 Å². The number of hydrogen-bond acceptors (Lipinski definition) is 4. The van der Waals surface area contributed by atoms with Gasteiger partial charge in [-0.1, -0.05) is 15.9 Å². The molecular weight excluding hydrogens is 288 g/mol. The first kappa shape index (κ1) is 13.5. The minimum Gasteiger partial charge on any atom is -0.468 e. The molecule has 2 N–H and O–H groups in total. The van der Waals surface area contributed by atoms with Crippen molar-refractivity contribution < 1.29 is 14.3 Å². The van der Waals surface area contributed by atoms with Crippen molar-refractivity contribution in [1.82, 2.24) is 4.90 Å². The zero-order valence-corrected chi connectivity index (χ0v) is 11.2. The standard InChI is InChI=1S/C11H13BrN2O3/c1-14(6-10(15)17-2)11(16)8-4-3-7(12)5-9(8)13/h3-5H,6,13H2,1-2H3. The molecule has 0 radical (unpaired) electrons. The van der Waals surface area contributed by atoms with Crippen LogP contribution < -0.4 is 5.73 Å². The van der Waals surface area contributed by atoms with Crippen molar-refractivity contribution in [3.05, 3.63) is 28.2 Å². The number of halogens is 1. The maximum absolute atomic E-state index is 12.0. The van der Waals surface area contributed by atoms with E-state index in [1.165, 1.54) is 19.1 Å². The summed E-state index contributed by atoms with van der Waals surface area (Å²) in [6.45, 7) is -0.106. The fourth-order valence-electron chi connectivity index (χ4n) is 1.26. The molecule has 0 aliphatic heterocycles. The number of ether oxygens (including phenoxy) is 1. The number of amides is 1. The van der Waals surface area contributed by atoms with Gasteiger partial charge in [-0.3, -0.25) is 9.59 Å². The highest BCUT2D eigenvalue weighted by Gasteiger charge is 2.17. The van der Waals surface area contributed by atoms with Crippen LogP contribution in [0.25, 0.3) is 0 Å². The van der Waals surface area contributed by atoms with E-state index in [1.54, 1.807) is 18.2 Å². The molecular formula is C11H13BrN2O3. The summed E-state index contributed by atoms with van der Waals surface area (Å²) < 4.78 is 5.28. The van der Waals surface area contributed by atoms with Crippen LogP contribution in [0.1, 0.15) is 10.4 Å². The molecule has 92 valence electrons. The summed E-state index contributed by atoms with van der Waals surface area (Å²) >= 11 is 3.25. The molecule has 1 aromatic carbocycles.